The molecule has 6 rings (SSSR count). The zero-order chi connectivity index (χ0) is 31.1. The summed E-state index contributed by atoms with van der Waals surface area (Å²) in [6.45, 7) is 2.52. The fourth-order valence-corrected chi connectivity index (χ4v) is 8.25. The number of aromatic nitrogens is 3. The average molecular weight is 633 g/mol. The van der Waals surface area contributed by atoms with Crippen LogP contribution in [0, 0.1) is 11.3 Å². The number of rotatable bonds is 11. The molecule has 2 N–H and O–H groups in total. The number of piperidine rings is 1. The van der Waals surface area contributed by atoms with Gasteiger partial charge < -0.3 is 20.3 Å². The number of amides is 1. The maximum atomic E-state index is 14.3. The van der Waals surface area contributed by atoms with Crippen molar-refractivity contribution >= 4 is 23.2 Å². The van der Waals surface area contributed by atoms with Gasteiger partial charge in [-0.2, -0.15) is 5.10 Å². The molecule has 0 radical (unpaired) electrons. The van der Waals surface area contributed by atoms with E-state index in [4.69, 9.17) is 16.3 Å². The molecule has 45 heavy (non-hydrogen) atoms. The number of hydrogen-bond acceptors (Lipinski definition) is 6. The van der Waals surface area contributed by atoms with Crippen molar-refractivity contribution in [2.45, 2.75) is 102 Å². The minimum absolute atomic E-state index is 0.180. The molecule has 0 unspecified atom stereocenters. The van der Waals surface area contributed by atoms with Crippen LogP contribution in [0.5, 0.6) is 5.75 Å². The lowest BCUT2D eigenvalue weighted by Gasteiger charge is -2.48. The fraction of sp³-hybridized carbons (Fsp3) is 0.583. The Kier molecular flexibility index (Phi) is 10.6. The molecule has 2 heterocycles. The van der Waals surface area contributed by atoms with Gasteiger partial charge in [0.2, 0.25) is 5.91 Å². The summed E-state index contributed by atoms with van der Waals surface area (Å²) in [4.78, 5) is 20.7. The molecule has 1 saturated heterocycles. The first-order valence-electron chi connectivity index (χ1n) is 17.0. The van der Waals surface area contributed by atoms with E-state index in [9.17, 15) is 4.79 Å². The summed E-state index contributed by atoms with van der Waals surface area (Å²) in [5.74, 6) is 1.80. The van der Waals surface area contributed by atoms with E-state index in [0.717, 1.165) is 80.2 Å². The monoisotopic (exact) mass is 632 g/mol. The highest BCUT2D eigenvalue weighted by molar-refractivity contribution is 6.30. The number of likely N-dealkylation sites (tertiary alicyclic amines) is 1. The predicted octanol–water partition coefficient (Wildman–Crippen LogP) is 6.75. The lowest BCUT2D eigenvalue weighted by Crippen LogP contribution is -2.55. The number of nitrogens with one attached hydrogen (secondary N) is 2. The minimum atomic E-state index is -0.250. The summed E-state index contributed by atoms with van der Waals surface area (Å²) in [6.07, 6.45) is 17.0. The van der Waals surface area contributed by atoms with Crippen molar-refractivity contribution in [1.29, 1.82) is 0 Å². The number of anilines is 1. The Bertz CT molecular complexity index is 1330. The topological polar surface area (TPSA) is 84.3 Å². The van der Waals surface area contributed by atoms with Crippen LogP contribution in [-0.2, 0) is 17.8 Å². The number of halogens is 1. The van der Waals surface area contributed by atoms with Crippen LogP contribution in [0.3, 0.4) is 0 Å². The van der Waals surface area contributed by atoms with Gasteiger partial charge in [0, 0.05) is 42.4 Å². The zero-order valence-electron chi connectivity index (χ0n) is 26.7. The third-order valence-corrected chi connectivity index (χ3v) is 11.0. The van der Waals surface area contributed by atoms with Crippen molar-refractivity contribution in [3.63, 3.8) is 0 Å². The van der Waals surface area contributed by atoms with Crippen molar-refractivity contribution in [3.8, 4) is 5.75 Å². The van der Waals surface area contributed by atoms with Gasteiger partial charge in [-0.05, 0) is 111 Å². The number of nitrogens with zero attached hydrogens (tertiary/aromatic N) is 4. The molecule has 0 bridgehead atoms. The second-order valence-electron chi connectivity index (χ2n) is 13.6. The SMILES string of the molecule is COc1ccc(N[C@H]2CC[C@@H](N[C@H](Cc3ccc(Cl)cc3)C(=O)N3CCC(Cn4cncn4)(C4CCCCC4)CC3)CC2)cc1. The fourth-order valence-electron chi connectivity index (χ4n) is 8.13. The Morgan fingerprint density at radius 3 is 2.29 bits per heavy atom. The van der Waals surface area contributed by atoms with Crippen LogP contribution in [0.1, 0.15) is 76.2 Å². The number of carbonyl (C=O) groups is 1. The van der Waals surface area contributed by atoms with Crippen LogP contribution in [0.2, 0.25) is 5.02 Å². The quantitative estimate of drug-likeness (QED) is 0.243. The number of ether oxygens (including phenoxy) is 1. The molecule has 9 heteroatoms. The van der Waals surface area contributed by atoms with Gasteiger partial charge in [-0.15, -0.1) is 0 Å². The molecule has 2 saturated carbocycles. The first-order chi connectivity index (χ1) is 22.0. The van der Waals surface area contributed by atoms with E-state index < -0.39 is 0 Å². The summed E-state index contributed by atoms with van der Waals surface area (Å²) >= 11 is 6.20. The van der Waals surface area contributed by atoms with Crippen molar-refractivity contribution in [2.24, 2.45) is 11.3 Å². The van der Waals surface area contributed by atoms with Gasteiger partial charge in [0.1, 0.15) is 18.4 Å². The van der Waals surface area contributed by atoms with Crippen LogP contribution < -0.4 is 15.4 Å². The maximum Gasteiger partial charge on any atom is 0.240 e. The van der Waals surface area contributed by atoms with Crippen molar-refractivity contribution in [1.82, 2.24) is 25.0 Å². The molecule has 1 aliphatic heterocycles. The van der Waals surface area contributed by atoms with Crippen LogP contribution in [0.4, 0.5) is 5.69 Å². The maximum absolute atomic E-state index is 14.3. The highest BCUT2D eigenvalue weighted by Crippen LogP contribution is 2.47. The van der Waals surface area contributed by atoms with E-state index in [1.165, 1.54) is 32.1 Å². The minimum Gasteiger partial charge on any atom is -0.497 e. The number of methoxy groups -OCH3 is 1. The van der Waals surface area contributed by atoms with Gasteiger partial charge >= 0.3 is 0 Å². The van der Waals surface area contributed by atoms with Crippen molar-refractivity contribution in [2.75, 3.05) is 25.5 Å². The molecule has 3 aromatic rings. The molecular weight excluding hydrogens is 584 g/mol. The molecule has 3 fully saturated rings. The molecule has 2 aromatic carbocycles. The van der Waals surface area contributed by atoms with Crippen LogP contribution >= 0.6 is 11.6 Å². The van der Waals surface area contributed by atoms with Crippen LogP contribution in [0.25, 0.3) is 0 Å². The molecule has 3 aliphatic rings. The van der Waals surface area contributed by atoms with Gasteiger partial charge in [0.05, 0.1) is 13.2 Å². The van der Waals surface area contributed by atoms with Crippen molar-refractivity contribution < 1.29 is 9.53 Å². The first kappa shape index (κ1) is 31.9. The Hall–Kier alpha value is -3.10. The summed E-state index contributed by atoms with van der Waals surface area (Å²) in [6, 6.07) is 16.6. The van der Waals surface area contributed by atoms with Crippen LogP contribution in [-0.4, -0.2) is 63.9 Å². The molecule has 1 atom stereocenters. The number of benzene rings is 2. The van der Waals surface area contributed by atoms with Crippen molar-refractivity contribution in [3.05, 3.63) is 71.8 Å². The van der Waals surface area contributed by atoms with Crippen LogP contribution in [0.15, 0.2) is 61.2 Å². The molecule has 1 aromatic heterocycles. The summed E-state index contributed by atoms with van der Waals surface area (Å²) in [7, 11) is 1.69. The van der Waals surface area contributed by atoms with Gasteiger partial charge in [-0.25, -0.2) is 4.98 Å². The largest absolute Gasteiger partial charge is 0.497 e. The van der Waals surface area contributed by atoms with Gasteiger partial charge in [0.15, 0.2) is 0 Å². The normalized spacial score (nSPS) is 22.9. The number of carbonyl (C=O) groups excluding carboxylic acids is 1. The highest BCUT2D eigenvalue weighted by atomic mass is 35.5. The van der Waals surface area contributed by atoms with E-state index in [2.05, 4.69) is 49.9 Å². The van der Waals surface area contributed by atoms with Gasteiger partial charge in [-0.1, -0.05) is 43.0 Å². The smallest absolute Gasteiger partial charge is 0.240 e. The Labute approximate surface area is 273 Å². The Morgan fingerprint density at radius 1 is 0.956 bits per heavy atom. The van der Waals surface area contributed by atoms with E-state index in [1.54, 1.807) is 13.4 Å². The first-order valence-corrected chi connectivity index (χ1v) is 17.4. The zero-order valence-corrected chi connectivity index (χ0v) is 27.4. The van der Waals surface area contributed by atoms with E-state index in [1.807, 2.05) is 35.3 Å². The highest BCUT2D eigenvalue weighted by Gasteiger charge is 2.44. The standard InChI is InChI=1S/C36H49ClN6O2/c1-45-33-17-15-31(16-18-33)40-30-11-13-32(14-12-30)41-34(23-27-7-9-29(37)10-8-27)35(44)42-21-19-36(20-22-42,24-43-26-38-25-39-43)28-5-3-2-4-6-28/h7-10,15-18,25-26,28,30,32,34,40-41H,2-6,11-14,19-24H2,1H3/t30-,32+,34-/m1/s1. The van der Waals surface area contributed by atoms with E-state index >= 15 is 0 Å². The lowest BCUT2D eigenvalue weighted by molar-refractivity contribution is -0.137. The average Bonchev–Trinajstić information content (AvgIpc) is 3.60. The summed E-state index contributed by atoms with van der Waals surface area (Å²) < 4.78 is 7.33. The second kappa shape index (κ2) is 15.0. The molecule has 0 spiro atoms. The second-order valence-corrected chi connectivity index (χ2v) is 14.0. The Morgan fingerprint density at radius 2 is 1.64 bits per heavy atom. The van der Waals surface area contributed by atoms with Gasteiger partial charge in [0.25, 0.3) is 0 Å². The summed E-state index contributed by atoms with van der Waals surface area (Å²) in [5, 5.41) is 12.7. The summed E-state index contributed by atoms with van der Waals surface area (Å²) in [5.41, 5.74) is 2.44. The molecule has 1 amide bonds. The lowest BCUT2D eigenvalue weighted by atomic mass is 9.63. The molecule has 8 nitrogen and oxygen atoms in total. The third kappa shape index (κ3) is 8.20. The Balaban J connectivity index is 1.10. The van der Waals surface area contributed by atoms with E-state index in [-0.39, 0.29) is 17.4 Å². The van der Waals surface area contributed by atoms with Gasteiger partial charge in [-0.3, -0.25) is 9.48 Å². The predicted molar refractivity (Wildman–Crippen MR) is 180 cm³/mol. The number of hydrogen-bond donors (Lipinski definition) is 2. The third-order valence-electron chi connectivity index (χ3n) is 10.8. The van der Waals surface area contributed by atoms with E-state index in [0.29, 0.717) is 24.4 Å². The molecule has 2 aliphatic carbocycles. The molecule has 242 valence electrons. The molecular formula is C36H49ClN6O2.